The third-order valence-corrected chi connectivity index (χ3v) is 2.21. The van der Waals surface area contributed by atoms with Gasteiger partial charge in [-0.25, -0.2) is 4.98 Å². The lowest BCUT2D eigenvalue weighted by molar-refractivity contribution is 0.0922. The maximum Gasteiger partial charge on any atom is 0.251 e. The van der Waals surface area contributed by atoms with Crippen molar-refractivity contribution < 1.29 is 9.53 Å². The predicted octanol–water partition coefficient (Wildman–Crippen LogP) is 1.20. The average molecular weight is 237 g/mol. The van der Waals surface area contributed by atoms with Gasteiger partial charge in [0, 0.05) is 31.5 Å². The molecule has 1 rings (SSSR count). The molecule has 0 atom stereocenters. The average Bonchev–Trinajstić information content (AvgIpc) is 2.33. The summed E-state index contributed by atoms with van der Waals surface area (Å²) in [5, 5.41) is 5.72. The van der Waals surface area contributed by atoms with Crippen molar-refractivity contribution in [1.82, 2.24) is 10.3 Å². The minimum absolute atomic E-state index is 0.105. The minimum atomic E-state index is -0.105. The third-order valence-electron chi connectivity index (χ3n) is 2.21. The monoisotopic (exact) mass is 237 g/mol. The molecule has 5 heteroatoms. The molecule has 0 aliphatic carbocycles. The number of rotatable bonds is 6. The number of hydrogen-bond acceptors (Lipinski definition) is 4. The van der Waals surface area contributed by atoms with Crippen molar-refractivity contribution in [1.29, 1.82) is 0 Å². The van der Waals surface area contributed by atoms with Gasteiger partial charge in [-0.15, -0.1) is 0 Å². The van der Waals surface area contributed by atoms with Crippen molar-refractivity contribution in [3.63, 3.8) is 0 Å². The van der Waals surface area contributed by atoms with Gasteiger partial charge in [-0.3, -0.25) is 4.79 Å². The molecular formula is C12H19N3O2. The maximum atomic E-state index is 11.8. The van der Waals surface area contributed by atoms with Gasteiger partial charge in [-0.05, 0) is 26.0 Å². The summed E-state index contributed by atoms with van der Waals surface area (Å²) in [6.07, 6.45) is 0. The molecule has 0 radical (unpaired) electrons. The first kappa shape index (κ1) is 13.4. The number of carbonyl (C=O) groups excluding carboxylic acids is 1. The number of aryl methyl sites for hydroxylation is 1. The van der Waals surface area contributed by atoms with Crippen molar-refractivity contribution in [2.75, 3.05) is 32.1 Å². The van der Waals surface area contributed by atoms with Crippen molar-refractivity contribution >= 4 is 11.7 Å². The Morgan fingerprint density at radius 2 is 2.24 bits per heavy atom. The van der Waals surface area contributed by atoms with Gasteiger partial charge >= 0.3 is 0 Å². The molecule has 5 nitrogen and oxygen atoms in total. The van der Waals surface area contributed by atoms with Crippen LogP contribution in [0, 0.1) is 6.92 Å². The summed E-state index contributed by atoms with van der Waals surface area (Å²) in [4.78, 5) is 16.0. The summed E-state index contributed by atoms with van der Waals surface area (Å²) in [5.74, 6) is 0.590. The molecule has 17 heavy (non-hydrogen) atoms. The molecule has 0 saturated heterocycles. The number of hydrogen-bond donors (Lipinski definition) is 2. The molecular weight excluding hydrogens is 218 g/mol. The summed E-state index contributed by atoms with van der Waals surface area (Å²) in [7, 11) is 1.78. The molecule has 1 amide bonds. The summed E-state index contributed by atoms with van der Waals surface area (Å²) in [6.45, 7) is 5.49. The van der Waals surface area contributed by atoms with Gasteiger partial charge in [-0.2, -0.15) is 0 Å². The number of amides is 1. The first-order chi connectivity index (χ1) is 8.17. The molecule has 1 heterocycles. The van der Waals surface area contributed by atoms with Crippen LogP contribution in [-0.2, 0) is 4.74 Å². The molecule has 0 spiro atoms. The number of aromatic nitrogens is 1. The van der Waals surface area contributed by atoms with Crippen LogP contribution in [0.3, 0.4) is 0 Å². The molecule has 0 aliphatic rings. The van der Waals surface area contributed by atoms with E-state index in [1.807, 2.05) is 13.8 Å². The highest BCUT2D eigenvalue weighted by molar-refractivity contribution is 5.94. The van der Waals surface area contributed by atoms with Crippen LogP contribution in [0.4, 0.5) is 5.82 Å². The van der Waals surface area contributed by atoms with Gasteiger partial charge in [0.05, 0.1) is 6.61 Å². The Kier molecular flexibility index (Phi) is 5.42. The highest BCUT2D eigenvalue weighted by atomic mass is 16.5. The smallest absolute Gasteiger partial charge is 0.251 e. The van der Waals surface area contributed by atoms with Crippen LogP contribution in [0.1, 0.15) is 23.0 Å². The molecule has 0 bridgehead atoms. The highest BCUT2D eigenvalue weighted by Gasteiger charge is 2.07. The first-order valence-electron chi connectivity index (χ1n) is 5.69. The van der Waals surface area contributed by atoms with E-state index in [2.05, 4.69) is 15.6 Å². The zero-order valence-corrected chi connectivity index (χ0v) is 10.5. The molecule has 0 unspecified atom stereocenters. The topological polar surface area (TPSA) is 63.2 Å². The van der Waals surface area contributed by atoms with Crippen LogP contribution in [0.25, 0.3) is 0 Å². The fourth-order valence-corrected chi connectivity index (χ4v) is 1.41. The Morgan fingerprint density at radius 1 is 1.47 bits per heavy atom. The second-order valence-electron chi connectivity index (χ2n) is 3.59. The third kappa shape index (κ3) is 4.40. The second-order valence-corrected chi connectivity index (χ2v) is 3.59. The molecule has 1 aromatic heterocycles. The van der Waals surface area contributed by atoms with Crippen LogP contribution in [0.15, 0.2) is 12.1 Å². The largest absolute Gasteiger partial charge is 0.380 e. The molecule has 0 saturated carbocycles. The summed E-state index contributed by atoms with van der Waals surface area (Å²) < 4.78 is 5.15. The van der Waals surface area contributed by atoms with E-state index >= 15 is 0 Å². The van der Waals surface area contributed by atoms with Crippen molar-refractivity contribution in [3.8, 4) is 0 Å². The Balaban J connectivity index is 2.59. The van der Waals surface area contributed by atoms with E-state index in [1.54, 1.807) is 19.2 Å². The van der Waals surface area contributed by atoms with Crippen LogP contribution >= 0.6 is 0 Å². The number of nitrogens with one attached hydrogen (secondary N) is 2. The van der Waals surface area contributed by atoms with Crippen LogP contribution in [0.5, 0.6) is 0 Å². The normalized spacial score (nSPS) is 10.1. The van der Waals surface area contributed by atoms with Crippen LogP contribution in [-0.4, -0.2) is 37.7 Å². The van der Waals surface area contributed by atoms with Crippen molar-refractivity contribution in [3.05, 3.63) is 23.4 Å². The summed E-state index contributed by atoms with van der Waals surface area (Å²) in [6, 6.07) is 3.49. The lowest BCUT2D eigenvalue weighted by Gasteiger charge is -2.07. The van der Waals surface area contributed by atoms with E-state index in [-0.39, 0.29) is 5.91 Å². The Labute approximate surface area is 102 Å². The molecule has 0 aromatic carbocycles. The lowest BCUT2D eigenvalue weighted by atomic mass is 10.2. The van der Waals surface area contributed by atoms with Gasteiger partial charge in [0.25, 0.3) is 5.91 Å². The molecule has 1 aromatic rings. The minimum Gasteiger partial charge on any atom is -0.380 e. The molecule has 0 aliphatic heterocycles. The summed E-state index contributed by atoms with van der Waals surface area (Å²) >= 11 is 0. The van der Waals surface area contributed by atoms with E-state index < -0.39 is 0 Å². The van der Waals surface area contributed by atoms with Gasteiger partial charge in [-0.1, -0.05) is 0 Å². The van der Waals surface area contributed by atoms with Gasteiger partial charge < -0.3 is 15.4 Å². The first-order valence-corrected chi connectivity index (χ1v) is 5.69. The Hall–Kier alpha value is -1.62. The predicted molar refractivity (Wildman–Crippen MR) is 67.3 cm³/mol. The molecule has 0 fully saturated rings. The van der Waals surface area contributed by atoms with Crippen molar-refractivity contribution in [2.24, 2.45) is 0 Å². The van der Waals surface area contributed by atoms with Gasteiger partial charge in [0.15, 0.2) is 0 Å². The lowest BCUT2D eigenvalue weighted by Crippen LogP contribution is -2.27. The number of ether oxygens (including phenoxy) is 1. The quantitative estimate of drug-likeness (QED) is 0.730. The van der Waals surface area contributed by atoms with Crippen molar-refractivity contribution in [2.45, 2.75) is 13.8 Å². The van der Waals surface area contributed by atoms with E-state index in [0.717, 1.165) is 5.69 Å². The van der Waals surface area contributed by atoms with E-state index in [9.17, 15) is 4.79 Å². The number of pyridine rings is 1. The number of anilines is 1. The van der Waals surface area contributed by atoms with E-state index in [4.69, 9.17) is 4.74 Å². The maximum absolute atomic E-state index is 11.8. The Morgan fingerprint density at radius 3 is 2.88 bits per heavy atom. The number of nitrogens with zero attached hydrogens (tertiary/aromatic N) is 1. The fourth-order valence-electron chi connectivity index (χ4n) is 1.41. The van der Waals surface area contributed by atoms with E-state index in [1.165, 1.54) is 0 Å². The fraction of sp³-hybridized carbons (Fsp3) is 0.500. The zero-order valence-electron chi connectivity index (χ0n) is 10.5. The van der Waals surface area contributed by atoms with Gasteiger partial charge in [0.1, 0.15) is 5.82 Å². The SMILES string of the molecule is CCOCCNC(=O)c1cc(C)nc(NC)c1. The second kappa shape index (κ2) is 6.85. The molecule has 2 N–H and O–H groups in total. The van der Waals surface area contributed by atoms with Gasteiger partial charge in [0.2, 0.25) is 0 Å². The van der Waals surface area contributed by atoms with Crippen LogP contribution in [0.2, 0.25) is 0 Å². The highest BCUT2D eigenvalue weighted by Crippen LogP contribution is 2.09. The molecule has 94 valence electrons. The van der Waals surface area contributed by atoms with Crippen LogP contribution < -0.4 is 10.6 Å². The standard InChI is InChI=1S/C12H19N3O2/c1-4-17-6-5-14-12(16)10-7-9(2)15-11(8-10)13-3/h7-8H,4-6H2,1-3H3,(H,13,15)(H,14,16). The zero-order chi connectivity index (χ0) is 12.7. The Bertz CT molecular complexity index is 380. The summed E-state index contributed by atoms with van der Waals surface area (Å²) in [5.41, 5.74) is 1.42. The van der Waals surface area contributed by atoms with E-state index in [0.29, 0.717) is 31.1 Å². The number of carbonyl (C=O) groups is 1.